The first-order valence-corrected chi connectivity index (χ1v) is 15.6. The molecule has 0 radical (unpaired) electrons. The molecule has 1 saturated heterocycles. The minimum Gasteiger partial charge on any atom is -0.490 e. The number of carbonyl (C=O) groups is 2. The predicted molar refractivity (Wildman–Crippen MR) is 171 cm³/mol. The average Bonchev–Trinajstić information content (AvgIpc) is 3.60. The highest BCUT2D eigenvalue weighted by Gasteiger charge is 2.57. The van der Waals surface area contributed by atoms with Crippen LogP contribution in [0.15, 0.2) is 46.0 Å². The van der Waals surface area contributed by atoms with Crippen molar-refractivity contribution in [2.24, 2.45) is 28.7 Å². The topological polar surface area (TPSA) is 223 Å². The molecule has 1 unspecified atom stereocenters. The molecule has 45 heavy (non-hydrogen) atoms. The van der Waals surface area contributed by atoms with Crippen LogP contribution in [0.1, 0.15) is 26.0 Å². The third kappa shape index (κ3) is 7.84. The SMILES string of the molecule is Cn1c(-c2ccc(OCCO/N=C(\C(=O)NC3C(=O)N(OSO)C3(C)C)c3csc(N)n3)cc2)cn(CCCN)/c1=N\CCN. The summed E-state index contributed by atoms with van der Waals surface area (Å²) >= 11 is 1.17. The number of anilines is 1. The van der Waals surface area contributed by atoms with E-state index in [0.29, 0.717) is 25.4 Å². The summed E-state index contributed by atoms with van der Waals surface area (Å²) in [5.74, 6) is -0.607. The Morgan fingerprint density at radius 1 is 1.22 bits per heavy atom. The van der Waals surface area contributed by atoms with Gasteiger partial charge >= 0.3 is 0 Å². The molecule has 18 heteroatoms. The number of nitrogens with zero attached hydrogens (tertiary/aromatic N) is 6. The Bertz CT molecular complexity index is 1570. The number of aromatic nitrogens is 3. The number of rotatable bonds is 16. The van der Waals surface area contributed by atoms with Gasteiger partial charge in [0.05, 0.1) is 17.8 Å². The number of nitrogens with one attached hydrogen (secondary N) is 1. The lowest BCUT2D eigenvalue weighted by Gasteiger charge is -2.50. The monoisotopic (exact) mass is 662 g/mol. The molecule has 2 amide bonds. The van der Waals surface area contributed by atoms with Gasteiger partial charge in [-0.1, -0.05) is 5.16 Å². The Hall–Kier alpha value is -3.94. The zero-order chi connectivity index (χ0) is 32.6. The molecule has 2 aromatic heterocycles. The highest BCUT2D eigenvalue weighted by atomic mass is 32.2. The van der Waals surface area contributed by atoms with Gasteiger partial charge in [-0.15, -0.1) is 11.3 Å². The van der Waals surface area contributed by atoms with Crippen LogP contribution < -0.4 is 32.9 Å². The van der Waals surface area contributed by atoms with Crippen LogP contribution in [0.2, 0.25) is 0 Å². The van der Waals surface area contributed by atoms with Gasteiger partial charge in [-0.25, -0.2) is 4.98 Å². The molecule has 1 aliphatic heterocycles. The number of hydroxylamine groups is 2. The van der Waals surface area contributed by atoms with Crippen LogP contribution in [0, 0.1) is 0 Å². The lowest BCUT2D eigenvalue weighted by molar-refractivity contribution is -0.214. The molecule has 4 rings (SSSR count). The van der Waals surface area contributed by atoms with E-state index in [1.165, 1.54) is 0 Å². The number of thiazole rings is 1. The van der Waals surface area contributed by atoms with Gasteiger partial charge in [0.1, 0.15) is 24.1 Å². The highest BCUT2D eigenvalue weighted by Crippen LogP contribution is 2.33. The third-order valence-electron chi connectivity index (χ3n) is 6.97. The first-order valence-electron chi connectivity index (χ1n) is 14.1. The summed E-state index contributed by atoms with van der Waals surface area (Å²) in [6.07, 6.45) is 2.88. The Morgan fingerprint density at radius 2 is 1.98 bits per heavy atom. The summed E-state index contributed by atoms with van der Waals surface area (Å²) in [6.45, 7) is 5.83. The number of amides is 2. The van der Waals surface area contributed by atoms with Crippen LogP contribution in [0.25, 0.3) is 11.3 Å². The third-order valence-corrected chi connectivity index (χ3v) is 7.86. The number of hydrogen-bond donors (Lipinski definition) is 5. The van der Waals surface area contributed by atoms with Crippen LogP contribution in [-0.2, 0) is 32.3 Å². The van der Waals surface area contributed by atoms with E-state index in [-0.39, 0.29) is 42.1 Å². The fraction of sp³-hybridized carbons (Fsp3) is 0.444. The largest absolute Gasteiger partial charge is 0.490 e. The van der Waals surface area contributed by atoms with E-state index in [0.717, 1.165) is 46.2 Å². The summed E-state index contributed by atoms with van der Waals surface area (Å²) in [5, 5.41) is 9.37. The first-order chi connectivity index (χ1) is 21.6. The van der Waals surface area contributed by atoms with Crippen molar-refractivity contribution in [2.75, 3.05) is 38.6 Å². The van der Waals surface area contributed by atoms with E-state index in [1.54, 1.807) is 19.2 Å². The maximum absolute atomic E-state index is 13.1. The van der Waals surface area contributed by atoms with Crippen molar-refractivity contribution in [3.8, 4) is 17.0 Å². The van der Waals surface area contributed by atoms with Crippen molar-refractivity contribution in [2.45, 2.75) is 38.4 Å². The molecule has 8 N–H and O–H groups in total. The van der Waals surface area contributed by atoms with E-state index < -0.39 is 23.4 Å². The molecule has 1 atom stereocenters. The first kappa shape index (κ1) is 33.9. The second-order valence-corrected chi connectivity index (χ2v) is 11.6. The minimum atomic E-state index is -0.928. The van der Waals surface area contributed by atoms with Gasteiger partial charge in [0.15, 0.2) is 29.8 Å². The number of nitrogens with two attached hydrogens (primary N) is 3. The maximum atomic E-state index is 13.1. The average molecular weight is 663 g/mol. The number of β-lactam (4-membered cyclic amide) rings is 1. The number of aryl methyl sites for hydroxylation is 1. The number of nitrogen functional groups attached to an aromatic ring is 1. The van der Waals surface area contributed by atoms with Gasteiger partial charge in [0.25, 0.3) is 11.8 Å². The summed E-state index contributed by atoms with van der Waals surface area (Å²) < 4.78 is 23.7. The number of oxime groups is 1. The maximum Gasteiger partial charge on any atom is 0.276 e. The van der Waals surface area contributed by atoms with Gasteiger partial charge < -0.3 is 45.8 Å². The Labute approximate surface area is 268 Å². The lowest BCUT2D eigenvalue weighted by atomic mass is 9.84. The van der Waals surface area contributed by atoms with Gasteiger partial charge in [-0.2, -0.15) is 9.35 Å². The molecule has 3 heterocycles. The summed E-state index contributed by atoms with van der Waals surface area (Å²) in [5.41, 5.74) is 19.0. The Balaban J connectivity index is 1.37. The van der Waals surface area contributed by atoms with Crippen molar-refractivity contribution in [3.05, 3.63) is 47.2 Å². The number of benzene rings is 1. The van der Waals surface area contributed by atoms with Crippen molar-refractivity contribution in [1.29, 1.82) is 0 Å². The van der Waals surface area contributed by atoms with Crippen LogP contribution in [0.4, 0.5) is 5.13 Å². The van der Waals surface area contributed by atoms with Gasteiger partial charge in [0, 0.05) is 31.7 Å². The number of imidazole rings is 1. The van der Waals surface area contributed by atoms with E-state index in [2.05, 4.69) is 31.2 Å². The zero-order valence-corrected chi connectivity index (χ0v) is 26.8. The van der Waals surface area contributed by atoms with Gasteiger partial charge in [-0.3, -0.25) is 14.6 Å². The van der Waals surface area contributed by atoms with E-state index in [9.17, 15) is 9.59 Å². The standard InChI is InChI=1S/C27H38N10O6S2/c1-27(2)22(24(39)37(27)43-45-40)33-23(38)21(19-16-44-25(30)32-19)34-42-14-13-41-18-7-5-17(6-8-18)20-15-36(12-4-9-28)26(35(20)3)31-11-10-29/h5-8,15-16,22,40H,4,9-14,28-29H2,1-3H3,(H2,30,32)(H,33,38)/b31-26-,34-21-. The fourth-order valence-electron chi connectivity index (χ4n) is 4.64. The van der Waals surface area contributed by atoms with Crippen LogP contribution in [0.5, 0.6) is 5.75 Å². The smallest absolute Gasteiger partial charge is 0.276 e. The molecule has 0 aliphatic carbocycles. The molecule has 16 nitrogen and oxygen atoms in total. The van der Waals surface area contributed by atoms with E-state index >= 15 is 0 Å². The molecule has 1 aromatic carbocycles. The number of ether oxygens (including phenoxy) is 1. The van der Waals surface area contributed by atoms with Crippen molar-refractivity contribution < 1.29 is 28.0 Å². The van der Waals surface area contributed by atoms with Crippen molar-refractivity contribution >= 4 is 46.3 Å². The van der Waals surface area contributed by atoms with Crippen LogP contribution in [-0.4, -0.2) is 85.7 Å². The van der Waals surface area contributed by atoms with Crippen LogP contribution in [0.3, 0.4) is 0 Å². The molecule has 0 saturated carbocycles. The molecule has 1 aliphatic rings. The molecular weight excluding hydrogens is 624 g/mol. The number of hydrogen-bond acceptors (Lipinski definition) is 14. The molecule has 0 bridgehead atoms. The minimum absolute atomic E-state index is 0.0201. The Morgan fingerprint density at radius 3 is 2.60 bits per heavy atom. The molecule has 0 spiro atoms. The number of carbonyl (C=O) groups excluding carboxylic acids is 2. The second kappa shape index (κ2) is 15.4. The second-order valence-electron chi connectivity index (χ2n) is 10.4. The summed E-state index contributed by atoms with van der Waals surface area (Å²) in [6, 6.07) is 6.68. The van der Waals surface area contributed by atoms with Gasteiger partial charge in [0.2, 0.25) is 5.62 Å². The fourth-order valence-corrected chi connectivity index (χ4v) is 5.52. The van der Waals surface area contributed by atoms with E-state index in [4.69, 9.17) is 35.6 Å². The summed E-state index contributed by atoms with van der Waals surface area (Å²) in [4.78, 5) is 39.7. The predicted octanol–water partition coefficient (Wildman–Crippen LogP) is 0.699. The highest BCUT2D eigenvalue weighted by molar-refractivity contribution is 7.88. The van der Waals surface area contributed by atoms with Crippen molar-refractivity contribution in [1.82, 2.24) is 24.5 Å². The van der Waals surface area contributed by atoms with Crippen LogP contribution >= 0.6 is 23.7 Å². The summed E-state index contributed by atoms with van der Waals surface area (Å²) in [7, 11) is 1.96. The zero-order valence-electron chi connectivity index (χ0n) is 25.2. The van der Waals surface area contributed by atoms with Gasteiger partial charge in [-0.05, 0) is 56.6 Å². The van der Waals surface area contributed by atoms with Crippen molar-refractivity contribution in [3.63, 3.8) is 0 Å². The molecule has 244 valence electrons. The molecular formula is C27H38N10O6S2. The normalized spacial score (nSPS) is 16.5. The Kier molecular flexibility index (Phi) is 11.6. The lowest BCUT2D eigenvalue weighted by Crippen LogP contribution is -2.76. The molecule has 1 fully saturated rings. The quantitative estimate of drug-likeness (QED) is 0.0472. The molecule has 3 aromatic rings. The van der Waals surface area contributed by atoms with E-state index in [1.807, 2.05) is 35.9 Å².